The van der Waals surface area contributed by atoms with Crippen LogP contribution in [0.5, 0.6) is 0 Å². The van der Waals surface area contributed by atoms with E-state index in [1.54, 1.807) is 11.0 Å². The minimum Gasteiger partial charge on any atom is -0.326 e. The zero-order chi connectivity index (χ0) is 12.6. The molecule has 0 atom stereocenters. The van der Waals surface area contributed by atoms with Crippen LogP contribution in [0.2, 0.25) is 0 Å². The zero-order valence-corrected chi connectivity index (χ0v) is 10.5. The number of aryl methyl sites for hydroxylation is 1. The van der Waals surface area contributed by atoms with Gasteiger partial charge in [0, 0.05) is 17.5 Å². The lowest BCUT2D eigenvalue weighted by molar-refractivity contribution is -0.116. The number of amides is 1. The molecule has 0 N–H and O–H groups in total. The summed E-state index contributed by atoms with van der Waals surface area (Å²) in [6.45, 7) is 6.06. The van der Waals surface area contributed by atoms with Gasteiger partial charge in [-0.25, -0.2) is 0 Å². The van der Waals surface area contributed by atoms with Crippen LogP contribution in [0, 0.1) is 6.92 Å². The van der Waals surface area contributed by atoms with Crippen LogP contribution < -0.4 is 0 Å². The first-order chi connectivity index (χ1) is 7.90. The van der Waals surface area contributed by atoms with Gasteiger partial charge in [-0.05, 0) is 32.9 Å². The molecule has 17 heavy (non-hydrogen) atoms. The molecule has 0 aromatic heterocycles. The third-order valence-corrected chi connectivity index (χ3v) is 3.21. The van der Waals surface area contributed by atoms with Crippen LogP contribution in [0.1, 0.15) is 36.2 Å². The molecule has 1 heterocycles. The maximum absolute atomic E-state index is 12.3. The first-order valence-corrected chi connectivity index (χ1v) is 5.80. The molecule has 90 valence electrons. The molecular weight excluding hydrogens is 214 g/mol. The normalized spacial score (nSPS) is 18.5. The number of hydrogen-bond donors (Lipinski definition) is 0. The van der Waals surface area contributed by atoms with E-state index in [4.69, 9.17) is 0 Å². The minimum atomic E-state index is -0.363. The fraction of sp³-hybridized carbons (Fsp3) is 0.429. The van der Waals surface area contributed by atoms with E-state index in [0.717, 1.165) is 5.56 Å². The Hall–Kier alpha value is -1.64. The SMILES string of the molecule is Cc1cccc(C(=O)N2CC(=O)CC2(C)C)c1. The smallest absolute Gasteiger partial charge is 0.254 e. The van der Waals surface area contributed by atoms with Crippen molar-refractivity contribution in [3.05, 3.63) is 35.4 Å². The Morgan fingerprint density at radius 3 is 2.59 bits per heavy atom. The molecule has 0 aliphatic carbocycles. The van der Waals surface area contributed by atoms with Crippen molar-refractivity contribution in [2.75, 3.05) is 6.54 Å². The number of likely N-dealkylation sites (tertiary alicyclic amines) is 1. The lowest BCUT2D eigenvalue weighted by atomic mass is 10.0. The topological polar surface area (TPSA) is 37.4 Å². The van der Waals surface area contributed by atoms with Crippen LogP contribution in [0.15, 0.2) is 24.3 Å². The van der Waals surface area contributed by atoms with Crippen molar-refractivity contribution in [1.82, 2.24) is 4.90 Å². The molecule has 1 amide bonds. The third-order valence-electron chi connectivity index (χ3n) is 3.21. The molecular formula is C14H17NO2. The van der Waals surface area contributed by atoms with Gasteiger partial charge in [0.05, 0.1) is 6.54 Å². The van der Waals surface area contributed by atoms with Crippen molar-refractivity contribution in [1.29, 1.82) is 0 Å². The van der Waals surface area contributed by atoms with Gasteiger partial charge in [0.25, 0.3) is 5.91 Å². The van der Waals surface area contributed by atoms with Crippen molar-refractivity contribution in [2.24, 2.45) is 0 Å². The Morgan fingerprint density at radius 1 is 1.35 bits per heavy atom. The summed E-state index contributed by atoms with van der Waals surface area (Å²) in [4.78, 5) is 25.5. The van der Waals surface area contributed by atoms with Gasteiger partial charge in [-0.3, -0.25) is 9.59 Å². The summed E-state index contributed by atoms with van der Waals surface area (Å²) in [6, 6.07) is 7.49. The summed E-state index contributed by atoms with van der Waals surface area (Å²) >= 11 is 0. The van der Waals surface area contributed by atoms with Gasteiger partial charge in [-0.1, -0.05) is 17.7 Å². The number of Topliss-reactive ketones (excluding diaryl/α,β-unsaturated/α-hetero) is 1. The van der Waals surface area contributed by atoms with Crippen molar-refractivity contribution in [3.63, 3.8) is 0 Å². The van der Waals surface area contributed by atoms with E-state index in [0.29, 0.717) is 12.0 Å². The zero-order valence-electron chi connectivity index (χ0n) is 10.5. The van der Waals surface area contributed by atoms with E-state index in [-0.39, 0.29) is 23.8 Å². The summed E-state index contributed by atoms with van der Waals surface area (Å²) in [6.07, 6.45) is 0.449. The highest BCUT2D eigenvalue weighted by Gasteiger charge is 2.40. The van der Waals surface area contributed by atoms with Crippen LogP contribution in [-0.2, 0) is 4.79 Å². The van der Waals surface area contributed by atoms with Crippen molar-refractivity contribution < 1.29 is 9.59 Å². The van der Waals surface area contributed by atoms with Crippen LogP contribution in [0.3, 0.4) is 0 Å². The number of carbonyl (C=O) groups is 2. The van der Waals surface area contributed by atoms with Crippen LogP contribution in [0.4, 0.5) is 0 Å². The summed E-state index contributed by atoms with van der Waals surface area (Å²) in [5.74, 6) is 0.0838. The summed E-state index contributed by atoms with van der Waals surface area (Å²) in [5, 5.41) is 0. The van der Waals surface area contributed by atoms with E-state index >= 15 is 0 Å². The molecule has 1 aromatic carbocycles. The number of ketones is 1. The van der Waals surface area contributed by atoms with Gasteiger partial charge >= 0.3 is 0 Å². The highest BCUT2D eigenvalue weighted by Crippen LogP contribution is 2.27. The standard InChI is InChI=1S/C14H17NO2/c1-10-5-4-6-11(7-10)13(17)15-9-12(16)8-14(15,2)3/h4-7H,8-9H2,1-3H3. The molecule has 0 saturated carbocycles. The van der Waals surface area contributed by atoms with Crippen molar-refractivity contribution in [2.45, 2.75) is 32.7 Å². The largest absolute Gasteiger partial charge is 0.326 e. The molecule has 1 aromatic rings. The average Bonchev–Trinajstić information content (AvgIpc) is 2.51. The third kappa shape index (κ3) is 2.23. The molecule has 0 spiro atoms. The van der Waals surface area contributed by atoms with E-state index < -0.39 is 0 Å². The Morgan fingerprint density at radius 2 is 2.06 bits per heavy atom. The Bertz CT molecular complexity index is 477. The predicted molar refractivity (Wildman–Crippen MR) is 65.9 cm³/mol. The van der Waals surface area contributed by atoms with E-state index in [2.05, 4.69) is 0 Å². The number of hydrogen-bond acceptors (Lipinski definition) is 2. The number of carbonyl (C=O) groups excluding carboxylic acids is 2. The minimum absolute atomic E-state index is 0.0513. The molecule has 1 aliphatic rings. The van der Waals surface area contributed by atoms with Gasteiger partial charge in [-0.15, -0.1) is 0 Å². The van der Waals surface area contributed by atoms with Gasteiger partial charge in [0.15, 0.2) is 5.78 Å². The lowest BCUT2D eigenvalue weighted by Gasteiger charge is -2.30. The summed E-state index contributed by atoms with van der Waals surface area (Å²) in [5.41, 5.74) is 1.35. The highest BCUT2D eigenvalue weighted by molar-refractivity contribution is 5.99. The number of rotatable bonds is 1. The quantitative estimate of drug-likeness (QED) is 0.743. The summed E-state index contributed by atoms with van der Waals surface area (Å²) in [7, 11) is 0. The van der Waals surface area contributed by atoms with Gasteiger partial charge in [-0.2, -0.15) is 0 Å². The lowest BCUT2D eigenvalue weighted by Crippen LogP contribution is -2.42. The highest BCUT2D eigenvalue weighted by atomic mass is 16.2. The fourth-order valence-corrected chi connectivity index (χ4v) is 2.30. The number of benzene rings is 1. The molecule has 3 heteroatoms. The maximum Gasteiger partial charge on any atom is 0.254 e. The Labute approximate surface area is 101 Å². The summed E-state index contributed by atoms with van der Waals surface area (Å²) < 4.78 is 0. The monoisotopic (exact) mass is 231 g/mol. The molecule has 2 rings (SSSR count). The maximum atomic E-state index is 12.3. The first-order valence-electron chi connectivity index (χ1n) is 5.80. The Balaban J connectivity index is 2.29. The van der Waals surface area contributed by atoms with E-state index in [1.807, 2.05) is 39.0 Å². The van der Waals surface area contributed by atoms with Gasteiger partial charge in [0.2, 0.25) is 0 Å². The Kier molecular flexibility index (Phi) is 2.77. The second kappa shape index (κ2) is 3.99. The van der Waals surface area contributed by atoms with Gasteiger partial charge < -0.3 is 4.90 Å². The van der Waals surface area contributed by atoms with Crippen molar-refractivity contribution in [3.8, 4) is 0 Å². The van der Waals surface area contributed by atoms with E-state index in [1.165, 1.54) is 0 Å². The molecule has 0 unspecified atom stereocenters. The van der Waals surface area contributed by atoms with Crippen LogP contribution >= 0.6 is 0 Å². The molecule has 0 radical (unpaired) electrons. The number of nitrogens with zero attached hydrogens (tertiary/aromatic N) is 1. The van der Waals surface area contributed by atoms with Gasteiger partial charge in [0.1, 0.15) is 0 Å². The fourth-order valence-electron chi connectivity index (χ4n) is 2.30. The second-order valence-corrected chi connectivity index (χ2v) is 5.29. The van der Waals surface area contributed by atoms with E-state index in [9.17, 15) is 9.59 Å². The van der Waals surface area contributed by atoms with Crippen LogP contribution in [-0.4, -0.2) is 28.7 Å². The average molecular weight is 231 g/mol. The van der Waals surface area contributed by atoms with Crippen LogP contribution in [0.25, 0.3) is 0 Å². The second-order valence-electron chi connectivity index (χ2n) is 5.29. The molecule has 1 saturated heterocycles. The molecule has 1 aliphatic heterocycles. The molecule has 1 fully saturated rings. The molecule has 0 bridgehead atoms. The molecule has 3 nitrogen and oxygen atoms in total. The van der Waals surface area contributed by atoms with Crippen molar-refractivity contribution >= 4 is 11.7 Å². The predicted octanol–water partition coefficient (Wildman–Crippen LogP) is 2.19. The first kappa shape index (κ1) is 11.8.